The molecule has 186 valence electrons. The summed E-state index contributed by atoms with van der Waals surface area (Å²) in [4.78, 5) is 21.2. The molecule has 0 aromatic heterocycles. The number of sulfone groups is 1. The van der Waals surface area contributed by atoms with Crippen molar-refractivity contribution in [2.45, 2.75) is 29.8 Å². The van der Waals surface area contributed by atoms with Crippen LogP contribution in [0.4, 0.5) is 37.7 Å². The molecule has 0 aliphatic carbocycles. The van der Waals surface area contributed by atoms with Gasteiger partial charge in [0, 0.05) is 15.7 Å². The first-order valence-electron chi connectivity index (χ1n) is 8.74. The Bertz CT molecular complexity index is 1240. The lowest BCUT2D eigenvalue weighted by atomic mass is 10.1. The molecule has 0 saturated carbocycles. The zero-order valence-corrected chi connectivity index (χ0v) is 19.6. The first kappa shape index (κ1) is 27.8. The van der Waals surface area contributed by atoms with E-state index in [0.717, 1.165) is 6.07 Å². The predicted octanol–water partition coefficient (Wildman–Crippen LogP) is 4.40. The van der Waals surface area contributed by atoms with Gasteiger partial charge in [-0.25, -0.2) is 8.42 Å². The summed E-state index contributed by atoms with van der Waals surface area (Å²) in [6.45, 7) is 0.636. The Morgan fingerprint density at radius 2 is 1.68 bits per heavy atom. The first-order valence-corrected chi connectivity index (χ1v) is 11.5. The number of non-ortho nitro benzene ring substituents is 1. The smallest absolute Gasteiger partial charge is 0.379 e. The first-order chi connectivity index (χ1) is 15.2. The Balaban J connectivity index is 2.39. The molecule has 1 unspecified atom stereocenters. The maximum Gasteiger partial charge on any atom is 0.418 e. The van der Waals surface area contributed by atoms with Crippen molar-refractivity contribution >= 4 is 49.7 Å². The molecule has 2 aromatic rings. The minimum Gasteiger partial charge on any atom is -0.379 e. The quantitative estimate of drug-likeness (QED) is 0.212. The normalized spacial score (nSPS) is 14.4. The fraction of sp³-hybridized carbons (Fsp3) is 0.278. The molecule has 16 heteroatoms. The number of rotatable bonds is 6. The van der Waals surface area contributed by atoms with E-state index in [0.29, 0.717) is 31.2 Å². The topological polar surface area (TPSA) is 127 Å². The zero-order chi connectivity index (χ0) is 26.3. The summed E-state index contributed by atoms with van der Waals surface area (Å²) in [6, 6.07) is 3.13. The molecule has 2 N–H and O–H groups in total. The number of nitrogens with zero attached hydrogens (tertiary/aromatic N) is 1. The molecule has 0 aliphatic heterocycles. The molecule has 1 atom stereocenters. The van der Waals surface area contributed by atoms with Crippen molar-refractivity contribution in [3.8, 4) is 0 Å². The molecule has 0 radical (unpaired) electrons. The van der Waals surface area contributed by atoms with Gasteiger partial charge in [-0.15, -0.1) is 0 Å². The van der Waals surface area contributed by atoms with Crippen molar-refractivity contribution < 1.29 is 49.6 Å². The second kappa shape index (κ2) is 9.29. The van der Waals surface area contributed by atoms with E-state index in [2.05, 4.69) is 0 Å². The largest absolute Gasteiger partial charge is 0.418 e. The van der Waals surface area contributed by atoms with Gasteiger partial charge in [-0.2, -0.15) is 26.3 Å². The second-order valence-corrected chi connectivity index (χ2v) is 10.4. The van der Waals surface area contributed by atoms with E-state index in [-0.39, 0.29) is 9.64 Å². The van der Waals surface area contributed by atoms with Gasteiger partial charge in [0.25, 0.3) is 11.6 Å². The number of nitro groups is 1. The number of carbonyl (C=O) groups excluding carboxylic acids is 1. The minimum absolute atomic E-state index is 0.115. The zero-order valence-electron chi connectivity index (χ0n) is 16.7. The van der Waals surface area contributed by atoms with Crippen molar-refractivity contribution in [1.29, 1.82) is 0 Å². The lowest BCUT2D eigenvalue weighted by Gasteiger charge is -2.23. The van der Waals surface area contributed by atoms with E-state index >= 15 is 0 Å². The van der Waals surface area contributed by atoms with Crippen LogP contribution in [0.3, 0.4) is 0 Å². The van der Waals surface area contributed by atoms with Crippen LogP contribution in [0.1, 0.15) is 18.1 Å². The number of amides is 1. The van der Waals surface area contributed by atoms with Crippen LogP contribution in [0.25, 0.3) is 0 Å². The number of nitro benzene ring substituents is 1. The molecular formula is C18H13F6IN2O6S. The summed E-state index contributed by atoms with van der Waals surface area (Å²) in [5.41, 5.74) is -7.79. The Morgan fingerprint density at radius 3 is 2.18 bits per heavy atom. The van der Waals surface area contributed by atoms with Gasteiger partial charge in [-0.05, 0) is 53.8 Å². The van der Waals surface area contributed by atoms with E-state index in [9.17, 15) is 54.8 Å². The van der Waals surface area contributed by atoms with Crippen molar-refractivity contribution in [2.24, 2.45) is 0 Å². The second-order valence-electron chi connectivity index (χ2n) is 7.15. The number of carbonyl (C=O) groups is 1. The molecule has 0 fully saturated rings. The maximum absolute atomic E-state index is 13.3. The number of anilines is 1. The Kier molecular flexibility index (Phi) is 7.59. The fourth-order valence-corrected chi connectivity index (χ4v) is 5.20. The molecule has 2 rings (SSSR count). The summed E-state index contributed by atoms with van der Waals surface area (Å²) in [5, 5.41) is 22.8. The van der Waals surface area contributed by atoms with Crippen LogP contribution in [0, 0.1) is 13.7 Å². The predicted molar refractivity (Wildman–Crippen MR) is 114 cm³/mol. The number of hydrogen-bond acceptors (Lipinski definition) is 6. The Hall–Kier alpha value is -2.47. The highest BCUT2D eigenvalue weighted by atomic mass is 127. The highest BCUT2D eigenvalue weighted by Gasteiger charge is 2.41. The Morgan fingerprint density at radius 1 is 1.09 bits per heavy atom. The number of aliphatic hydroxyl groups is 1. The molecular weight excluding hydrogens is 613 g/mol. The summed E-state index contributed by atoms with van der Waals surface area (Å²) in [6.07, 6.45) is -10.1. The van der Waals surface area contributed by atoms with Crippen molar-refractivity contribution in [1.82, 2.24) is 0 Å². The van der Waals surface area contributed by atoms with Crippen molar-refractivity contribution in [3.05, 3.63) is 61.2 Å². The van der Waals surface area contributed by atoms with Gasteiger partial charge in [-0.3, -0.25) is 14.9 Å². The number of alkyl halides is 6. The van der Waals surface area contributed by atoms with Crippen LogP contribution in [0.5, 0.6) is 0 Å². The van der Waals surface area contributed by atoms with Crippen LogP contribution < -0.4 is 5.32 Å². The van der Waals surface area contributed by atoms with Crippen molar-refractivity contribution in [2.75, 3.05) is 11.1 Å². The van der Waals surface area contributed by atoms with E-state index in [4.69, 9.17) is 0 Å². The van der Waals surface area contributed by atoms with E-state index in [1.54, 1.807) is 5.32 Å². The molecule has 0 bridgehead atoms. The number of hydrogen-bond donors (Lipinski definition) is 2. The van der Waals surface area contributed by atoms with E-state index in [1.807, 2.05) is 0 Å². The third-order valence-electron chi connectivity index (χ3n) is 4.29. The lowest BCUT2D eigenvalue weighted by molar-refractivity contribution is -0.385. The van der Waals surface area contributed by atoms with Gasteiger partial charge in [0.05, 0.1) is 32.4 Å². The van der Waals surface area contributed by atoms with Gasteiger partial charge < -0.3 is 10.4 Å². The van der Waals surface area contributed by atoms with Crippen LogP contribution in [-0.4, -0.2) is 35.7 Å². The number of nitrogens with one attached hydrogen (secondary N) is 1. The number of halogens is 7. The standard InChI is InChI=1S/C18H13F6IN2O6S/c1-16(29,8-34(32,33)12-5-9(17(19,20)21)4-10(25)6-12)15(28)26-14-3-2-11(27(30)31)7-13(14)18(22,23)24/h2-7,29H,8H2,1H3,(H,26,28). The number of benzene rings is 2. The van der Waals surface area contributed by atoms with Crippen LogP contribution in [-0.2, 0) is 27.0 Å². The molecule has 34 heavy (non-hydrogen) atoms. The Labute approximate surface area is 201 Å². The maximum atomic E-state index is 13.3. The SMILES string of the molecule is CC(O)(CS(=O)(=O)c1cc(I)cc(C(F)(F)F)c1)C(=O)Nc1ccc([N+](=O)[O-])cc1C(F)(F)F. The summed E-state index contributed by atoms with van der Waals surface area (Å²) in [5.74, 6) is -3.12. The van der Waals surface area contributed by atoms with Gasteiger partial charge in [0.15, 0.2) is 15.4 Å². The molecule has 8 nitrogen and oxygen atoms in total. The summed E-state index contributed by atoms with van der Waals surface area (Å²) >= 11 is 1.43. The fourth-order valence-electron chi connectivity index (χ4n) is 2.67. The average Bonchev–Trinajstić information content (AvgIpc) is 2.65. The molecule has 2 aromatic carbocycles. The monoisotopic (exact) mass is 626 g/mol. The van der Waals surface area contributed by atoms with Gasteiger partial charge in [-0.1, -0.05) is 0 Å². The highest BCUT2D eigenvalue weighted by Crippen LogP contribution is 2.38. The summed E-state index contributed by atoms with van der Waals surface area (Å²) < 4.78 is 104. The lowest BCUT2D eigenvalue weighted by Crippen LogP contribution is -2.46. The van der Waals surface area contributed by atoms with Gasteiger partial charge in [0.2, 0.25) is 0 Å². The summed E-state index contributed by atoms with van der Waals surface area (Å²) in [7, 11) is -4.74. The molecule has 0 aliphatic rings. The molecule has 0 saturated heterocycles. The molecule has 1 amide bonds. The van der Waals surface area contributed by atoms with Gasteiger partial charge >= 0.3 is 12.4 Å². The highest BCUT2D eigenvalue weighted by molar-refractivity contribution is 14.1. The van der Waals surface area contributed by atoms with Crippen LogP contribution in [0.15, 0.2) is 41.3 Å². The van der Waals surface area contributed by atoms with Gasteiger partial charge in [0.1, 0.15) is 0 Å². The van der Waals surface area contributed by atoms with Crippen LogP contribution >= 0.6 is 22.6 Å². The average molecular weight is 626 g/mol. The third-order valence-corrected chi connectivity index (χ3v) is 6.80. The van der Waals surface area contributed by atoms with Crippen LogP contribution in [0.2, 0.25) is 0 Å². The molecule has 0 spiro atoms. The minimum atomic E-state index is -5.17. The third kappa shape index (κ3) is 6.56. The van der Waals surface area contributed by atoms with E-state index in [1.165, 1.54) is 22.6 Å². The van der Waals surface area contributed by atoms with Crippen molar-refractivity contribution in [3.63, 3.8) is 0 Å². The molecule has 0 heterocycles. The van der Waals surface area contributed by atoms with E-state index < -0.39 is 71.8 Å².